The van der Waals surface area contributed by atoms with Crippen molar-refractivity contribution in [2.24, 2.45) is 5.41 Å². The third-order valence-electron chi connectivity index (χ3n) is 4.63. The minimum absolute atomic E-state index is 0.0433. The van der Waals surface area contributed by atoms with Crippen molar-refractivity contribution in [2.75, 3.05) is 13.1 Å². The maximum absolute atomic E-state index is 13.6. The predicted molar refractivity (Wildman–Crippen MR) is 80.3 cm³/mol. The maximum Gasteiger partial charge on any atom is 0.238 e. The van der Waals surface area contributed by atoms with Crippen LogP contribution in [0.1, 0.15) is 37.7 Å². The van der Waals surface area contributed by atoms with E-state index in [1.54, 1.807) is 18.2 Å². The van der Waals surface area contributed by atoms with Crippen molar-refractivity contribution in [3.05, 3.63) is 35.6 Å². The molecule has 0 aromatic heterocycles. The summed E-state index contributed by atoms with van der Waals surface area (Å²) in [5, 5.41) is 2.74. The SMILES string of the molecule is O=C(NCc1ccccc1F)C1(C(=O)N2CCCCC2)CC1. The number of carbonyl (C=O) groups excluding carboxylic acids is 2. The molecule has 1 aliphatic heterocycles. The lowest BCUT2D eigenvalue weighted by Crippen LogP contribution is -2.46. The van der Waals surface area contributed by atoms with E-state index in [4.69, 9.17) is 0 Å². The molecule has 0 radical (unpaired) electrons. The zero-order chi connectivity index (χ0) is 15.6. The van der Waals surface area contributed by atoms with Gasteiger partial charge in [0.05, 0.1) is 0 Å². The molecule has 2 aliphatic rings. The Bertz CT molecular complexity index is 578. The molecule has 0 atom stereocenters. The summed E-state index contributed by atoms with van der Waals surface area (Å²) in [6.07, 6.45) is 4.38. The molecule has 0 bridgehead atoms. The van der Waals surface area contributed by atoms with Crippen molar-refractivity contribution in [2.45, 2.75) is 38.6 Å². The topological polar surface area (TPSA) is 49.4 Å². The monoisotopic (exact) mass is 304 g/mol. The number of amides is 2. The van der Waals surface area contributed by atoms with Gasteiger partial charge in [0.1, 0.15) is 11.2 Å². The highest BCUT2D eigenvalue weighted by Crippen LogP contribution is 2.47. The second-order valence-electron chi connectivity index (χ2n) is 6.21. The molecule has 2 amide bonds. The first kappa shape index (κ1) is 15.0. The smallest absolute Gasteiger partial charge is 0.238 e. The van der Waals surface area contributed by atoms with Gasteiger partial charge in [0.2, 0.25) is 11.8 Å². The average Bonchev–Trinajstić information content (AvgIpc) is 3.36. The lowest BCUT2D eigenvalue weighted by Gasteiger charge is -2.30. The third-order valence-corrected chi connectivity index (χ3v) is 4.63. The van der Waals surface area contributed by atoms with Crippen LogP contribution >= 0.6 is 0 Å². The summed E-state index contributed by atoms with van der Waals surface area (Å²) in [7, 11) is 0. The van der Waals surface area contributed by atoms with E-state index < -0.39 is 5.41 Å². The lowest BCUT2D eigenvalue weighted by atomic mass is 10.0. The highest BCUT2D eigenvalue weighted by molar-refractivity contribution is 6.07. The van der Waals surface area contributed by atoms with Crippen LogP contribution in [-0.4, -0.2) is 29.8 Å². The quantitative estimate of drug-likeness (QED) is 0.867. The summed E-state index contributed by atoms with van der Waals surface area (Å²) in [5.74, 6) is -0.639. The number of hydrogen-bond donors (Lipinski definition) is 1. The minimum atomic E-state index is -0.886. The second kappa shape index (κ2) is 6.07. The molecule has 4 nitrogen and oxygen atoms in total. The van der Waals surface area contributed by atoms with Gasteiger partial charge in [-0.1, -0.05) is 18.2 Å². The largest absolute Gasteiger partial charge is 0.351 e. The van der Waals surface area contributed by atoms with Crippen molar-refractivity contribution in [3.63, 3.8) is 0 Å². The Hall–Kier alpha value is -1.91. The van der Waals surface area contributed by atoms with E-state index in [0.29, 0.717) is 18.4 Å². The van der Waals surface area contributed by atoms with Crippen molar-refractivity contribution in [3.8, 4) is 0 Å². The second-order valence-corrected chi connectivity index (χ2v) is 6.21. The fourth-order valence-electron chi connectivity index (χ4n) is 3.05. The van der Waals surface area contributed by atoms with Gasteiger partial charge in [-0.25, -0.2) is 4.39 Å². The molecule has 118 valence electrons. The minimum Gasteiger partial charge on any atom is -0.351 e. The van der Waals surface area contributed by atoms with Gasteiger partial charge in [-0.15, -0.1) is 0 Å². The van der Waals surface area contributed by atoms with Gasteiger partial charge >= 0.3 is 0 Å². The van der Waals surface area contributed by atoms with Crippen LogP contribution in [0.25, 0.3) is 0 Å². The van der Waals surface area contributed by atoms with Gasteiger partial charge in [-0.05, 0) is 38.2 Å². The molecular weight excluding hydrogens is 283 g/mol. The number of nitrogens with zero attached hydrogens (tertiary/aromatic N) is 1. The normalized spacial score (nSPS) is 19.6. The van der Waals surface area contributed by atoms with Gasteiger partial charge in [-0.2, -0.15) is 0 Å². The molecule has 22 heavy (non-hydrogen) atoms. The molecular formula is C17H21FN2O2. The third kappa shape index (κ3) is 2.85. The number of halogens is 1. The number of carbonyl (C=O) groups is 2. The Kier molecular flexibility index (Phi) is 4.14. The summed E-state index contributed by atoms with van der Waals surface area (Å²) < 4.78 is 13.6. The first-order valence-electron chi connectivity index (χ1n) is 7.94. The zero-order valence-corrected chi connectivity index (χ0v) is 12.6. The van der Waals surface area contributed by atoms with Crippen molar-refractivity contribution < 1.29 is 14.0 Å². The van der Waals surface area contributed by atoms with E-state index in [0.717, 1.165) is 32.4 Å². The molecule has 1 aromatic rings. The maximum atomic E-state index is 13.6. The molecule has 1 aromatic carbocycles. The van der Waals surface area contributed by atoms with Crippen LogP contribution in [0.15, 0.2) is 24.3 Å². The van der Waals surface area contributed by atoms with Gasteiger partial charge in [0.15, 0.2) is 0 Å². The van der Waals surface area contributed by atoms with Crippen LogP contribution in [0.4, 0.5) is 4.39 Å². The first-order valence-corrected chi connectivity index (χ1v) is 7.94. The average molecular weight is 304 g/mol. The Morgan fingerprint density at radius 1 is 1.14 bits per heavy atom. The number of hydrogen-bond acceptors (Lipinski definition) is 2. The number of nitrogens with one attached hydrogen (secondary N) is 1. The van der Waals surface area contributed by atoms with Crippen LogP contribution in [-0.2, 0) is 16.1 Å². The Labute approximate surface area is 129 Å². The standard InChI is InChI=1S/C17H21FN2O2/c18-14-7-3-2-6-13(14)12-19-15(21)17(8-9-17)16(22)20-10-4-1-5-11-20/h2-3,6-7H,1,4-5,8-12H2,(H,19,21). The van der Waals surface area contributed by atoms with Gasteiger partial charge < -0.3 is 10.2 Å². The van der Waals surface area contributed by atoms with E-state index in [1.807, 2.05) is 4.90 Å². The predicted octanol–water partition coefficient (Wildman–Crippen LogP) is 2.23. The van der Waals surface area contributed by atoms with E-state index in [1.165, 1.54) is 6.07 Å². The Morgan fingerprint density at radius 3 is 2.45 bits per heavy atom. The number of piperidine rings is 1. The molecule has 0 unspecified atom stereocenters. The number of likely N-dealkylation sites (tertiary alicyclic amines) is 1. The van der Waals surface area contributed by atoms with Crippen LogP contribution in [0, 0.1) is 11.2 Å². The molecule has 2 fully saturated rings. The highest BCUT2D eigenvalue weighted by Gasteiger charge is 2.57. The van der Waals surface area contributed by atoms with Crippen molar-refractivity contribution >= 4 is 11.8 Å². The Morgan fingerprint density at radius 2 is 1.82 bits per heavy atom. The van der Waals surface area contributed by atoms with Crippen LogP contribution in [0.3, 0.4) is 0 Å². The highest BCUT2D eigenvalue weighted by atomic mass is 19.1. The van der Waals surface area contributed by atoms with E-state index in [-0.39, 0.29) is 24.2 Å². The molecule has 1 aliphatic carbocycles. The van der Waals surface area contributed by atoms with Gasteiger partial charge in [0.25, 0.3) is 0 Å². The molecule has 1 N–H and O–H groups in total. The van der Waals surface area contributed by atoms with Crippen molar-refractivity contribution in [1.29, 1.82) is 0 Å². The fourth-order valence-corrected chi connectivity index (χ4v) is 3.05. The van der Waals surface area contributed by atoms with Gasteiger partial charge in [-0.3, -0.25) is 9.59 Å². The summed E-state index contributed by atoms with van der Waals surface area (Å²) in [6.45, 7) is 1.63. The number of benzene rings is 1. The molecule has 3 rings (SSSR count). The fraction of sp³-hybridized carbons (Fsp3) is 0.529. The molecule has 5 heteroatoms. The van der Waals surface area contributed by atoms with Crippen LogP contribution < -0.4 is 5.32 Å². The van der Waals surface area contributed by atoms with E-state index in [9.17, 15) is 14.0 Å². The lowest BCUT2D eigenvalue weighted by molar-refractivity contribution is -0.145. The van der Waals surface area contributed by atoms with Crippen LogP contribution in [0.5, 0.6) is 0 Å². The van der Waals surface area contributed by atoms with E-state index in [2.05, 4.69) is 5.32 Å². The van der Waals surface area contributed by atoms with Crippen LogP contribution in [0.2, 0.25) is 0 Å². The van der Waals surface area contributed by atoms with E-state index >= 15 is 0 Å². The molecule has 1 heterocycles. The first-order chi connectivity index (χ1) is 10.6. The summed E-state index contributed by atoms with van der Waals surface area (Å²) in [4.78, 5) is 26.8. The van der Waals surface area contributed by atoms with Crippen molar-refractivity contribution in [1.82, 2.24) is 10.2 Å². The summed E-state index contributed by atoms with van der Waals surface area (Å²) in [5.41, 5.74) is -0.445. The zero-order valence-electron chi connectivity index (χ0n) is 12.6. The van der Waals surface area contributed by atoms with Gasteiger partial charge in [0, 0.05) is 25.2 Å². The Balaban J connectivity index is 1.61. The molecule has 1 saturated heterocycles. The summed E-state index contributed by atoms with van der Waals surface area (Å²) >= 11 is 0. The molecule has 1 saturated carbocycles. The molecule has 0 spiro atoms. The summed E-state index contributed by atoms with van der Waals surface area (Å²) in [6, 6.07) is 6.36. The number of rotatable bonds is 4.